The lowest BCUT2D eigenvalue weighted by molar-refractivity contribution is 0.373. The first-order valence-electron chi connectivity index (χ1n) is 5.08. The van der Waals surface area contributed by atoms with Crippen LogP contribution in [0, 0.1) is 5.92 Å². The van der Waals surface area contributed by atoms with Gasteiger partial charge in [0.1, 0.15) is 5.82 Å². The summed E-state index contributed by atoms with van der Waals surface area (Å²) in [6.45, 7) is 4.02. The Morgan fingerprint density at radius 1 is 1.69 bits per heavy atom. The number of aromatic nitrogens is 2. The van der Waals surface area contributed by atoms with E-state index in [1.165, 1.54) is 17.9 Å². The molecule has 0 aliphatic carbocycles. The average Bonchev–Trinajstić information content (AvgIpc) is 2.58. The Labute approximate surface area is 79.0 Å². The van der Waals surface area contributed by atoms with Crippen LogP contribution in [0.5, 0.6) is 0 Å². The largest absolute Gasteiger partial charge is 0.334 e. The van der Waals surface area contributed by atoms with E-state index in [1.54, 1.807) is 0 Å². The van der Waals surface area contributed by atoms with Gasteiger partial charge in [0.05, 0.1) is 5.69 Å². The van der Waals surface area contributed by atoms with Gasteiger partial charge < -0.3 is 10.3 Å². The number of hydrogen-bond donors (Lipinski definition) is 1. The maximum absolute atomic E-state index is 5.67. The van der Waals surface area contributed by atoms with E-state index in [0.29, 0.717) is 5.92 Å². The van der Waals surface area contributed by atoms with Crippen molar-refractivity contribution < 1.29 is 0 Å². The minimum atomic E-state index is 0.659. The monoisotopic (exact) mass is 179 g/mol. The van der Waals surface area contributed by atoms with Crippen molar-refractivity contribution in [2.45, 2.75) is 32.7 Å². The fourth-order valence-electron chi connectivity index (χ4n) is 1.94. The zero-order valence-electron chi connectivity index (χ0n) is 8.16. The smallest absolute Gasteiger partial charge is 0.108 e. The molecule has 2 heterocycles. The van der Waals surface area contributed by atoms with Crippen molar-refractivity contribution >= 4 is 0 Å². The highest BCUT2D eigenvalue weighted by atomic mass is 15.1. The van der Waals surface area contributed by atoms with Crippen molar-refractivity contribution in [3.63, 3.8) is 0 Å². The first kappa shape index (κ1) is 8.75. The maximum atomic E-state index is 5.67. The van der Waals surface area contributed by atoms with E-state index in [4.69, 9.17) is 5.73 Å². The number of nitrogens with two attached hydrogens (primary N) is 1. The predicted molar refractivity (Wildman–Crippen MR) is 52.5 cm³/mol. The summed E-state index contributed by atoms with van der Waals surface area (Å²) in [6.07, 6.45) is 5.52. The lowest BCUT2D eigenvalue weighted by Gasteiger charge is -2.21. The third-order valence-electron chi connectivity index (χ3n) is 2.84. The van der Waals surface area contributed by atoms with Crippen molar-refractivity contribution in [1.82, 2.24) is 9.55 Å². The maximum Gasteiger partial charge on any atom is 0.108 e. The topological polar surface area (TPSA) is 43.8 Å². The highest BCUT2D eigenvalue weighted by Gasteiger charge is 2.18. The van der Waals surface area contributed by atoms with E-state index >= 15 is 0 Å². The Balaban J connectivity index is 2.19. The van der Waals surface area contributed by atoms with Crippen molar-refractivity contribution in [3.8, 4) is 0 Å². The van der Waals surface area contributed by atoms with Gasteiger partial charge in [-0.3, -0.25) is 0 Å². The molecular weight excluding hydrogens is 162 g/mol. The summed E-state index contributed by atoms with van der Waals surface area (Å²) >= 11 is 0. The highest BCUT2D eigenvalue weighted by Crippen LogP contribution is 2.19. The van der Waals surface area contributed by atoms with E-state index in [2.05, 4.69) is 22.7 Å². The molecule has 0 aromatic carbocycles. The van der Waals surface area contributed by atoms with Gasteiger partial charge in [-0.25, -0.2) is 4.98 Å². The molecule has 3 heteroatoms. The lowest BCUT2D eigenvalue weighted by atomic mass is 10.00. The number of hydrogen-bond acceptors (Lipinski definition) is 2. The molecule has 0 bridgehead atoms. The van der Waals surface area contributed by atoms with Gasteiger partial charge in [-0.1, -0.05) is 6.92 Å². The number of imidazole rings is 1. The molecule has 0 spiro atoms. The van der Waals surface area contributed by atoms with Gasteiger partial charge in [0, 0.05) is 19.2 Å². The Hall–Kier alpha value is -0.830. The molecule has 1 aromatic rings. The molecule has 1 aliphatic heterocycles. The summed E-state index contributed by atoms with van der Waals surface area (Å²) in [5.41, 5.74) is 6.88. The second-order valence-corrected chi connectivity index (χ2v) is 3.79. The summed E-state index contributed by atoms with van der Waals surface area (Å²) in [7, 11) is 0. The van der Waals surface area contributed by atoms with Crippen LogP contribution in [0.4, 0.5) is 0 Å². The van der Waals surface area contributed by atoms with E-state index in [-0.39, 0.29) is 0 Å². The first-order chi connectivity index (χ1) is 6.33. The summed E-state index contributed by atoms with van der Waals surface area (Å²) in [4.78, 5) is 4.56. The fourth-order valence-corrected chi connectivity index (χ4v) is 1.94. The molecule has 2 N–H and O–H groups in total. The standard InChI is InChI=1S/C10H17N3/c1-2-9-7-13-6-8(5-11)3-4-10(13)12-9/h7-8H,2-6,11H2,1H3. The number of nitrogens with zero attached hydrogens (tertiary/aromatic N) is 2. The SMILES string of the molecule is CCc1cn2c(n1)CCC(CN)C2. The number of aryl methyl sites for hydroxylation is 2. The molecule has 2 rings (SSSR count). The van der Waals surface area contributed by atoms with E-state index < -0.39 is 0 Å². The van der Waals surface area contributed by atoms with Crippen LogP contribution in [0.1, 0.15) is 24.9 Å². The molecule has 0 radical (unpaired) electrons. The Morgan fingerprint density at radius 3 is 3.23 bits per heavy atom. The van der Waals surface area contributed by atoms with Crippen LogP contribution in [0.25, 0.3) is 0 Å². The molecular formula is C10H17N3. The Morgan fingerprint density at radius 2 is 2.54 bits per heavy atom. The molecule has 72 valence electrons. The summed E-state index contributed by atoms with van der Waals surface area (Å²) in [5, 5.41) is 0. The van der Waals surface area contributed by atoms with Crippen LogP contribution in [0.2, 0.25) is 0 Å². The van der Waals surface area contributed by atoms with Gasteiger partial charge in [-0.2, -0.15) is 0 Å². The predicted octanol–water partition coefficient (Wildman–Crippen LogP) is 0.967. The van der Waals surface area contributed by atoms with Crippen LogP contribution < -0.4 is 5.73 Å². The highest BCUT2D eigenvalue weighted by molar-refractivity contribution is 5.06. The molecule has 1 aliphatic rings. The van der Waals surface area contributed by atoms with Gasteiger partial charge in [-0.15, -0.1) is 0 Å². The molecule has 0 fully saturated rings. The molecule has 1 atom stereocenters. The van der Waals surface area contributed by atoms with E-state index in [0.717, 1.165) is 25.9 Å². The Bertz CT molecular complexity index is 290. The van der Waals surface area contributed by atoms with Crippen molar-refractivity contribution in [3.05, 3.63) is 17.7 Å². The zero-order valence-corrected chi connectivity index (χ0v) is 8.16. The van der Waals surface area contributed by atoms with Crippen molar-refractivity contribution in [1.29, 1.82) is 0 Å². The average molecular weight is 179 g/mol. The third-order valence-corrected chi connectivity index (χ3v) is 2.84. The molecule has 0 saturated carbocycles. The quantitative estimate of drug-likeness (QED) is 0.735. The van der Waals surface area contributed by atoms with Gasteiger partial charge >= 0.3 is 0 Å². The third kappa shape index (κ3) is 1.61. The summed E-state index contributed by atoms with van der Waals surface area (Å²) < 4.78 is 2.28. The minimum absolute atomic E-state index is 0.659. The van der Waals surface area contributed by atoms with Gasteiger partial charge in [0.2, 0.25) is 0 Å². The number of rotatable bonds is 2. The molecule has 0 saturated heterocycles. The van der Waals surface area contributed by atoms with Crippen LogP contribution >= 0.6 is 0 Å². The normalized spacial score (nSPS) is 21.5. The van der Waals surface area contributed by atoms with Crippen LogP contribution in [0.3, 0.4) is 0 Å². The second-order valence-electron chi connectivity index (χ2n) is 3.79. The second kappa shape index (κ2) is 3.50. The molecule has 0 amide bonds. The molecule has 1 unspecified atom stereocenters. The van der Waals surface area contributed by atoms with E-state index in [9.17, 15) is 0 Å². The fraction of sp³-hybridized carbons (Fsp3) is 0.700. The van der Waals surface area contributed by atoms with Crippen molar-refractivity contribution in [2.24, 2.45) is 11.7 Å². The van der Waals surface area contributed by atoms with E-state index in [1.807, 2.05) is 0 Å². The molecule has 3 nitrogen and oxygen atoms in total. The minimum Gasteiger partial charge on any atom is -0.334 e. The van der Waals surface area contributed by atoms with Crippen LogP contribution in [-0.4, -0.2) is 16.1 Å². The Kier molecular flexibility index (Phi) is 2.36. The van der Waals surface area contributed by atoms with Gasteiger partial charge in [-0.05, 0) is 25.3 Å². The number of fused-ring (bicyclic) bond motifs is 1. The summed E-state index contributed by atoms with van der Waals surface area (Å²) in [6, 6.07) is 0. The van der Waals surface area contributed by atoms with Crippen LogP contribution in [0.15, 0.2) is 6.20 Å². The lowest BCUT2D eigenvalue weighted by Crippen LogP contribution is -2.25. The van der Waals surface area contributed by atoms with Crippen molar-refractivity contribution in [2.75, 3.05) is 6.54 Å². The van der Waals surface area contributed by atoms with Crippen LogP contribution in [-0.2, 0) is 19.4 Å². The molecule has 13 heavy (non-hydrogen) atoms. The van der Waals surface area contributed by atoms with Gasteiger partial charge in [0.25, 0.3) is 0 Å². The zero-order chi connectivity index (χ0) is 9.26. The van der Waals surface area contributed by atoms with Gasteiger partial charge in [0.15, 0.2) is 0 Å². The first-order valence-corrected chi connectivity index (χ1v) is 5.08. The molecule has 1 aromatic heterocycles. The summed E-state index contributed by atoms with van der Waals surface area (Å²) in [5.74, 6) is 1.91.